The molecule has 2 nitrogen and oxygen atoms in total. The van der Waals surface area contributed by atoms with Crippen LogP contribution in [0.2, 0.25) is 0 Å². The Morgan fingerprint density at radius 2 is 1.68 bits per heavy atom. The van der Waals surface area contributed by atoms with Gasteiger partial charge in [-0.2, -0.15) is 0 Å². The molecular weight excluding hydrogens is 302 g/mol. The van der Waals surface area contributed by atoms with Crippen molar-refractivity contribution >= 4 is 15.9 Å². The van der Waals surface area contributed by atoms with Gasteiger partial charge in [-0.25, -0.2) is 0 Å². The maximum atomic E-state index is 6.37. The SMILES string of the molecule is COc1cc(C)c(C(N)c2ccc(Br)cc2)cc1C. The Labute approximate surface area is 122 Å². The van der Waals surface area contributed by atoms with Crippen molar-refractivity contribution in [3.63, 3.8) is 0 Å². The molecule has 0 radical (unpaired) electrons. The highest BCUT2D eigenvalue weighted by Crippen LogP contribution is 2.29. The average molecular weight is 320 g/mol. The summed E-state index contributed by atoms with van der Waals surface area (Å²) in [6.45, 7) is 4.10. The molecule has 0 aliphatic rings. The summed E-state index contributed by atoms with van der Waals surface area (Å²) in [5.41, 5.74) is 10.9. The number of hydrogen-bond donors (Lipinski definition) is 1. The van der Waals surface area contributed by atoms with Crippen LogP contribution in [0.3, 0.4) is 0 Å². The number of hydrogen-bond acceptors (Lipinski definition) is 2. The van der Waals surface area contributed by atoms with Crippen molar-refractivity contribution in [1.29, 1.82) is 0 Å². The van der Waals surface area contributed by atoms with E-state index in [1.807, 2.05) is 37.3 Å². The summed E-state index contributed by atoms with van der Waals surface area (Å²) < 4.78 is 6.40. The maximum Gasteiger partial charge on any atom is 0.122 e. The zero-order valence-corrected chi connectivity index (χ0v) is 13.0. The summed E-state index contributed by atoms with van der Waals surface area (Å²) in [5, 5.41) is 0. The monoisotopic (exact) mass is 319 g/mol. The van der Waals surface area contributed by atoms with Gasteiger partial charge < -0.3 is 10.5 Å². The van der Waals surface area contributed by atoms with Crippen LogP contribution in [0.5, 0.6) is 5.75 Å². The van der Waals surface area contributed by atoms with Crippen LogP contribution in [0.4, 0.5) is 0 Å². The van der Waals surface area contributed by atoms with Gasteiger partial charge in [0, 0.05) is 4.47 Å². The van der Waals surface area contributed by atoms with Gasteiger partial charge in [-0.1, -0.05) is 34.1 Å². The van der Waals surface area contributed by atoms with Gasteiger partial charge in [-0.3, -0.25) is 0 Å². The van der Waals surface area contributed by atoms with Crippen molar-refractivity contribution in [3.8, 4) is 5.75 Å². The first-order chi connectivity index (χ1) is 9.02. The highest BCUT2D eigenvalue weighted by molar-refractivity contribution is 9.10. The van der Waals surface area contributed by atoms with E-state index in [4.69, 9.17) is 10.5 Å². The molecule has 2 aromatic rings. The molecule has 100 valence electrons. The molecule has 3 heteroatoms. The van der Waals surface area contributed by atoms with E-state index < -0.39 is 0 Å². The highest BCUT2D eigenvalue weighted by atomic mass is 79.9. The van der Waals surface area contributed by atoms with E-state index in [1.54, 1.807) is 7.11 Å². The van der Waals surface area contributed by atoms with Gasteiger partial charge in [0.05, 0.1) is 13.2 Å². The second-order valence-electron chi connectivity index (χ2n) is 4.71. The van der Waals surface area contributed by atoms with Gasteiger partial charge in [0.2, 0.25) is 0 Å². The zero-order valence-electron chi connectivity index (χ0n) is 11.4. The number of benzene rings is 2. The minimum Gasteiger partial charge on any atom is -0.496 e. The van der Waals surface area contributed by atoms with E-state index in [2.05, 4.69) is 28.9 Å². The van der Waals surface area contributed by atoms with Crippen molar-refractivity contribution in [3.05, 3.63) is 63.1 Å². The molecule has 2 aromatic carbocycles. The van der Waals surface area contributed by atoms with Gasteiger partial charge in [-0.15, -0.1) is 0 Å². The lowest BCUT2D eigenvalue weighted by Gasteiger charge is -2.18. The maximum absolute atomic E-state index is 6.37. The summed E-state index contributed by atoms with van der Waals surface area (Å²) in [7, 11) is 1.69. The Hall–Kier alpha value is -1.32. The Kier molecular flexibility index (Phi) is 4.27. The van der Waals surface area contributed by atoms with E-state index in [0.717, 1.165) is 32.5 Å². The fourth-order valence-corrected chi connectivity index (χ4v) is 2.48. The standard InChI is InChI=1S/C16H18BrNO/c1-10-9-15(19-3)11(2)8-14(10)16(18)12-4-6-13(17)7-5-12/h4-9,16H,18H2,1-3H3. The lowest BCUT2D eigenvalue weighted by Crippen LogP contribution is -2.13. The molecule has 19 heavy (non-hydrogen) atoms. The lowest BCUT2D eigenvalue weighted by molar-refractivity contribution is 0.411. The Balaban J connectivity index is 2.41. The molecule has 0 saturated heterocycles. The number of halogens is 1. The summed E-state index contributed by atoms with van der Waals surface area (Å²) in [6.07, 6.45) is 0. The van der Waals surface area contributed by atoms with Crippen LogP contribution >= 0.6 is 15.9 Å². The van der Waals surface area contributed by atoms with Crippen LogP contribution < -0.4 is 10.5 Å². The fraction of sp³-hybridized carbons (Fsp3) is 0.250. The van der Waals surface area contributed by atoms with Gasteiger partial charge in [-0.05, 0) is 54.3 Å². The number of methoxy groups -OCH3 is 1. The molecule has 0 amide bonds. The smallest absolute Gasteiger partial charge is 0.122 e. The quantitative estimate of drug-likeness (QED) is 0.923. The van der Waals surface area contributed by atoms with E-state index >= 15 is 0 Å². The summed E-state index contributed by atoms with van der Waals surface area (Å²) in [5.74, 6) is 0.907. The number of aryl methyl sites for hydroxylation is 2. The third-order valence-corrected chi connectivity index (χ3v) is 3.88. The average Bonchev–Trinajstić information content (AvgIpc) is 2.41. The van der Waals surface area contributed by atoms with Gasteiger partial charge in [0.1, 0.15) is 5.75 Å². The predicted molar refractivity (Wildman–Crippen MR) is 82.6 cm³/mol. The molecule has 0 aliphatic carbocycles. The Morgan fingerprint density at radius 3 is 2.26 bits per heavy atom. The molecule has 0 heterocycles. The number of ether oxygens (including phenoxy) is 1. The number of nitrogens with two attached hydrogens (primary N) is 1. The van der Waals surface area contributed by atoms with Crippen LogP contribution in [-0.2, 0) is 0 Å². The molecular formula is C16H18BrNO. The first-order valence-corrected chi connectivity index (χ1v) is 6.98. The molecule has 0 bridgehead atoms. The van der Waals surface area contributed by atoms with Crippen molar-refractivity contribution in [2.24, 2.45) is 5.73 Å². The normalized spacial score (nSPS) is 12.3. The molecule has 0 fully saturated rings. The van der Waals surface area contributed by atoms with E-state index in [9.17, 15) is 0 Å². The van der Waals surface area contributed by atoms with E-state index in [0.29, 0.717) is 0 Å². The van der Waals surface area contributed by atoms with Crippen LogP contribution in [0, 0.1) is 13.8 Å². The topological polar surface area (TPSA) is 35.2 Å². The van der Waals surface area contributed by atoms with Crippen LogP contribution in [-0.4, -0.2) is 7.11 Å². The van der Waals surface area contributed by atoms with Crippen molar-refractivity contribution in [1.82, 2.24) is 0 Å². The molecule has 0 spiro atoms. The van der Waals surface area contributed by atoms with E-state index in [1.165, 1.54) is 0 Å². The summed E-state index contributed by atoms with van der Waals surface area (Å²) in [6, 6.07) is 12.2. The summed E-state index contributed by atoms with van der Waals surface area (Å²) >= 11 is 3.44. The predicted octanol–water partition coefficient (Wildman–Crippen LogP) is 4.12. The van der Waals surface area contributed by atoms with Crippen LogP contribution in [0.15, 0.2) is 40.9 Å². The molecule has 0 saturated carbocycles. The third kappa shape index (κ3) is 2.99. The minimum atomic E-state index is -0.113. The second-order valence-corrected chi connectivity index (χ2v) is 5.62. The first-order valence-electron chi connectivity index (χ1n) is 6.19. The fourth-order valence-electron chi connectivity index (χ4n) is 2.22. The van der Waals surface area contributed by atoms with Crippen molar-refractivity contribution in [2.75, 3.05) is 7.11 Å². The molecule has 1 atom stereocenters. The zero-order chi connectivity index (χ0) is 14.0. The van der Waals surface area contributed by atoms with Crippen LogP contribution in [0.25, 0.3) is 0 Å². The van der Waals surface area contributed by atoms with Crippen LogP contribution in [0.1, 0.15) is 28.3 Å². The van der Waals surface area contributed by atoms with Gasteiger partial charge in [0.25, 0.3) is 0 Å². The lowest BCUT2D eigenvalue weighted by atomic mass is 9.94. The van der Waals surface area contributed by atoms with Crippen molar-refractivity contribution < 1.29 is 4.74 Å². The van der Waals surface area contributed by atoms with Gasteiger partial charge in [0.15, 0.2) is 0 Å². The number of rotatable bonds is 3. The third-order valence-electron chi connectivity index (χ3n) is 3.35. The highest BCUT2D eigenvalue weighted by Gasteiger charge is 2.13. The molecule has 2 N–H and O–H groups in total. The molecule has 0 aliphatic heterocycles. The van der Waals surface area contributed by atoms with E-state index in [-0.39, 0.29) is 6.04 Å². The molecule has 0 aromatic heterocycles. The summed E-state index contributed by atoms with van der Waals surface area (Å²) in [4.78, 5) is 0. The molecule has 2 rings (SSSR count). The van der Waals surface area contributed by atoms with Gasteiger partial charge >= 0.3 is 0 Å². The largest absolute Gasteiger partial charge is 0.496 e. The second kappa shape index (κ2) is 5.76. The Morgan fingerprint density at radius 1 is 1.05 bits per heavy atom. The Bertz CT molecular complexity index is 578. The first kappa shape index (κ1) is 14.1. The van der Waals surface area contributed by atoms with Crippen molar-refractivity contribution in [2.45, 2.75) is 19.9 Å². The minimum absolute atomic E-state index is 0.113. The molecule has 1 unspecified atom stereocenters.